The number of rotatable bonds is 7. The zero-order valence-corrected chi connectivity index (χ0v) is 16.4. The second kappa shape index (κ2) is 9.77. The highest BCUT2D eigenvalue weighted by atomic mass is 16.5. The van der Waals surface area contributed by atoms with Crippen molar-refractivity contribution in [3.8, 4) is 29.0 Å². The normalized spacial score (nSPS) is 14.1. The van der Waals surface area contributed by atoms with Gasteiger partial charge in [0.05, 0.1) is 6.61 Å². The van der Waals surface area contributed by atoms with Gasteiger partial charge in [0.25, 0.3) is 5.56 Å². The number of hydrogen-bond donors (Lipinski definition) is 2. The third-order valence-corrected chi connectivity index (χ3v) is 5.20. The molecule has 0 bridgehead atoms. The van der Waals surface area contributed by atoms with E-state index in [0.29, 0.717) is 17.9 Å². The van der Waals surface area contributed by atoms with Crippen LogP contribution >= 0.6 is 0 Å². The van der Waals surface area contributed by atoms with Crippen molar-refractivity contribution in [1.29, 1.82) is 10.5 Å². The van der Waals surface area contributed by atoms with Crippen LogP contribution in [-0.2, 0) is 0 Å². The second-order valence-corrected chi connectivity index (χ2v) is 7.17. The van der Waals surface area contributed by atoms with Crippen molar-refractivity contribution in [3.63, 3.8) is 0 Å². The van der Waals surface area contributed by atoms with Gasteiger partial charge in [-0.05, 0) is 51.4 Å². The topological polar surface area (TPSA) is 119 Å². The summed E-state index contributed by atoms with van der Waals surface area (Å²) in [5.41, 5.74) is 5.88. The third-order valence-electron chi connectivity index (χ3n) is 5.20. The fraction of sp³-hybridized carbons (Fsp3) is 0.409. The Morgan fingerprint density at radius 1 is 1.07 bits per heavy atom. The van der Waals surface area contributed by atoms with E-state index < -0.39 is 5.56 Å². The van der Waals surface area contributed by atoms with E-state index in [1.807, 2.05) is 18.2 Å². The molecule has 0 radical (unpaired) electrons. The third kappa shape index (κ3) is 4.77. The number of para-hydroxylation sites is 1. The fourth-order valence-corrected chi connectivity index (χ4v) is 3.71. The van der Waals surface area contributed by atoms with E-state index in [0.717, 1.165) is 19.4 Å². The van der Waals surface area contributed by atoms with Gasteiger partial charge in [0.1, 0.15) is 34.8 Å². The molecule has 0 unspecified atom stereocenters. The lowest BCUT2D eigenvalue weighted by Gasteiger charge is -2.26. The number of nitrogen functional groups attached to an aromatic ring is 1. The minimum Gasteiger partial charge on any atom is -0.493 e. The van der Waals surface area contributed by atoms with Crippen molar-refractivity contribution in [2.75, 3.05) is 32.0 Å². The molecule has 1 aromatic heterocycles. The molecule has 0 amide bonds. The lowest BCUT2D eigenvalue weighted by Crippen LogP contribution is -2.30. The number of aromatic amines is 1. The molecule has 29 heavy (non-hydrogen) atoms. The van der Waals surface area contributed by atoms with E-state index in [1.54, 1.807) is 18.2 Å². The number of pyridine rings is 1. The van der Waals surface area contributed by atoms with Crippen LogP contribution in [0.25, 0.3) is 11.1 Å². The Bertz CT molecular complexity index is 994. The van der Waals surface area contributed by atoms with Crippen molar-refractivity contribution in [1.82, 2.24) is 9.88 Å². The van der Waals surface area contributed by atoms with Crippen LogP contribution in [0.2, 0.25) is 0 Å². The van der Waals surface area contributed by atoms with E-state index in [1.165, 1.54) is 32.4 Å². The first-order valence-electron chi connectivity index (χ1n) is 9.96. The van der Waals surface area contributed by atoms with E-state index >= 15 is 0 Å². The van der Waals surface area contributed by atoms with Crippen molar-refractivity contribution < 1.29 is 4.74 Å². The molecule has 150 valence electrons. The van der Waals surface area contributed by atoms with Crippen LogP contribution in [0.5, 0.6) is 5.75 Å². The summed E-state index contributed by atoms with van der Waals surface area (Å²) in [7, 11) is 0. The van der Waals surface area contributed by atoms with E-state index in [-0.39, 0.29) is 22.5 Å². The van der Waals surface area contributed by atoms with Gasteiger partial charge >= 0.3 is 0 Å². The highest BCUT2D eigenvalue weighted by Crippen LogP contribution is 2.35. The summed E-state index contributed by atoms with van der Waals surface area (Å²) in [6, 6.07) is 11.0. The van der Waals surface area contributed by atoms with Gasteiger partial charge in [-0.1, -0.05) is 24.6 Å². The standard InChI is InChI=1S/C22H25N5O2/c23-14-17-20(18(15-24)22(28)26-21(17)25)16-8-2-3-9-19(16)29-13-7-6-12-27-10-4-1-5-11-27/h2-3,8-9H,1,4-7,10-13H2,(H3,25,26,28). The molecule has 7 nitrogen and oxygen atoms in total. The van der Waals surface area contributed by atoms with Crippen molar-refractivity contribution in [3.05, 3.63) is 45.7 Å². The number of aromatic nitrogens is 1. The average Bonchev–Trinajstić information content (AvgIpc) is 2.74. The highest BCUT2D eigenvalue weighted by Gasteiger charge is 2.20. The number of H-pyrrole nitrogens is 1. The van der Waals surface area contributed by atoms with Gasteiger partial charge in [0.15, 0.2) is 0 Å². The molecule has 0 aliphatic carbocycles. The van der Waals surface area contributed by atoms with Crippen LogP contribution in [0.4, 0.5) is 5.82 Å². The first-order chi connectivity index (χ1) is 14.2. The molecule has 7 heteroatoms. The Kier molecular flexibility index (Phi) is 6.89. The van der Waals surface area contributed by atoms with Crippen LogP contribution in [0.15, 0.2) is 29.1 Å². The molecular weight excluding hydrogens is 366 g/mol. The van der Waals surface area contributed by atoms with Gasteiger partial charge in [0, 0.05) is 11.1 Å². The van der Waals surface area contributed by atoms with Gasteiger partial charge < -0.3 is 20.4 Å². The number of unbranched alkanes of at least 4 members (excludes halogenated alkanes) is 1. The number of nitrogens with two attached hydrogens (primary N) is 1. The largest absolute Gasteiger partial charge is 0.493 e. The molecule has 1 aromatic carbocycles. The molecule has 3 rings (SSSR count). The Morgan fingerprint density at radius 3 is 2.52 bits per heavy atom. The summed E-state index contributed by atoms with van der Waals surface area (Å²) in [5, 5.41) is 19.0. The van der Waals surface area contributed by atoms with Gasteiger partial charge in [0.2, 0.25) is 0 Å². The number of benzene rings is 1. The van der Waals surface area contributed by atoms with E-state index in [9.17, 15) is 15.3 Å². The SMILES string of the molecule is N#Cc1c(N)[nH]c(=O)c(C#N)c1-c1ccccc1OCCCCN1CCCCC1. The maximum Gasteiger partial charge on any atom is 0.268 e. The number of hydrogen-bond acceptors (Lipinski definition) is 6. The Labute approximate surface area is 170 Å². The molecule has 2 heterocycles. The molecule has 0 saturated carbocycles. The minimum atomic E-state index is -0.615. The molecule has 3 N–H and O–H groups in total. The number of nitrogens with zero attached hydrogens (tertiary/aromatic N) is 3. The number of anilines is 1. The quantitative estimate of drug-likeness (QED) is 0.700. The molecule has 1 aliphatic heterocycles. The first-order valence-corrected chi connectivity index (χ1v) is 9.96. The van der Waals surface area contributed by atoms with Crippen molar-refractivity contribution >= 4 is 5.82 Å². The average molecular weight is 391 g/mol. The van der Waals surface area contributed by atoms with Gasteiger partial charge in [-0.3, -0.25) is 4.79 Å². The molecule has 0 spiro atoms. The molecular formula is C22H25N5O2. The minimum absolute atomic E-state index is 0.0529. The smallest absolute Gasteiger partial charge is 0.268 e. The van der Waals surface area contributed by atoms with Gasteiger partial charge in [-0.25, -0.2) is 0 Å². The van der Waals surface area contributed by atoms with Crippen LogP contribution in [0.3, 0.4) is 0 Å². The number of likely N-dealkylation sites (tertiary alicyclic amines) is 1. The maximum atomic E-state index is 12.2. The summed E-state index contributed by atoms with van der Waals surface area (Å²) in [5.74, 6) is 0.478. The molecule has 1 aliphatic rings. The summed E-state index contributed by atoms with van der Waals surface area (Å²) >= 11 is 0. The molecule has 2 aromatic rings. The summed E-state index contributed by atoms with van der Waals surface area (Å²) < 4.78 is 5.97. The Morgan fingerprint density at radius 2 is 1.79 bits per heavy atom. The highest BCUT2D eigenvalue weighted by molar-refractivity contribution is 5.83. The summed E-state index contributed by atoms with van der Waals surface area (Å²) in [4.78, 5) is 17.0. The second-order valence-electron chi connectivity index (χ2n) is 7.17. The van der Waals surface area contributed by atoms with E-state index in [4.69, 9.17) is 10.5 Å². The summed E-state index contributed by atoms with van der Waals surface area (Å²) in [6.07, 6.45) is 5.85. The van der Waals surface area contributed by atoms with Gasteiger partial charge in [-0.15, -0.1) is 0 Å². The summed E-state index contributed by atoms with van der Waals surface area (Å²) in [6.45, 7) is 3.96. The lowest BCUT2D eigenvalue weighted by atomic mass is 9.96. The predicted octanol–water partition coefficient (Wildman–Crippen LogP) is 3.01. The van der Waals surface area contributed by atoms with Crippen molar-refractivity contribution in [2.24, 2.45) is 0 Å². The fourth-order valence-electron chi connectivity index (χ4n) is 3.71. The molecule has 1 fully saturated rings. The zero-order valence-electron chi connectivity index (χ0n) is 16.4. The van der Waals surface area contributed by atoms with Gasteiger partial charge in [-0.2, -0.15) is 10.5 Å². The first kappa shape index (κ1) is 20.4. The Balaban J connectivity index is 1.76. The van der Waals surface area contributed by atoms with Crippen molar-refractivity contribution in [2.45, 2.75) is 32.1 Å². The van der Waals surface area contributed by atoms with Crippen LogP contribution < -0.4 is 16.0 Å². The molecule has 0 atom stereocenters. The number of ether oxygens (including phenoxy) is 1. The van der Waals surface area contributed by atoms with Crippen LogP contribution in [0, 0.1) is 22.7 Å². The Hall–Kier alpha value is -3.29. The number of piperidine rings is 1. The van der Waals surface area contributed by atoms with E-state index in [2.05, 4.69) is 9.88 Å². The maximum absolute atomic E-state index is 12.2. The van der Waals surface area contributed by atoms with Crippen LogP contribution in [0.1, 0.15) is 43.2 Å². The predicted molar refractivity (Wildman–Crippen MR) is 111 cm³/mol. The number of nitrogens with one attached hydrogen (secondary N) is 1. The monoisotopic (exact) mass is 391 g/mol. The zero-order chi connectivity index (χ0) is 20.6. The number of nitriles is 2. The lowest BCUT2D eigenvalue weighted by molar-refractivity contribution is 0.216. The van der Waals surface area contributed by atoms with Crippen LogP contribution in [-0.4, -0.2) is 36.1 Å². The molecule has 1 saturated heterocycles.